The summed E-state index contributed by atoms with van der Waals surface area (Å²) in [6, 6.07) is 8.16. The van der Waals surface area contributed by atoms with Gasteiger partial charge in [-0.2, -0.15) is 5.26 Å². The summed E-state index contributed by atoms with van der Waals surface area (Å²) in [6.45, 7) is 5.18. The lowest BCUT2D eigenvalue weighted by atomic mass is 9.92. The summed E-state index contributed by atoms with van der Waals surface area (Å²) in [6.07, 6.45) is 9.70. The quantitative estimate of drug-likeness (QED) is 0.620. The molecular weight excluding hydrogens is 394 g/mol. The average molecular weight is 420 g/mol. The highest BCUT2D eigenvalue weighted by molar-refractivity contribution is 7.16. The number of rotatable bonds is 7. The summed E-state index contributed by atoms with van der Waals surface area (Å²) in [5, 5.41) is 12.8. The molecule has 1 aliphatic rings. The first-order valence-electron chi connectivity index (χ1n) is 10.3. The van der Waals surface area contributed by atoms with Gasteiger partial charge in [0, 0.05) is 36.6 Å². The molecule has 3 aromatic rings. The van der Waals surface area contributed by atoms with Crippen LogP contribution < -0.4 is 5.32 Å². The van der Waals surface area contributed by atoms with Crippen molar-refractivity contribution < 1.29 is 0 Å². The Hall–Kier alpha value is -2.89. The Morgan fingerprint density at radius 1 is 1.17 bits per heavy atom. The number of nitriles is 1. The van der Waals surface area contributed by atoms with Crippen molar-refractivity contribution >= 4 is 22.3 Å². The maximum Gasteiger partial charge on any atom is 0.189 e. The van der Waals surface area contributed by atoms with Crippen molar-refractivity contribution in [2.24, 2.45) is 5.92 Å². The van der Waals surface area contributed by atoms with Gasteiger partial charge in [0.05, 0.1) is 6.20 Å². The maximum absolute atomic E-state index is 8.93. The average Bonchev–Trinajstić information content (AvgIpc) is 3.23. The number of hydrogen-bond acceptors (Lipinski definition) is 8. The Labute approximate surface area is 180 Å². The van der Waals surface area contributed by atoms with Crippen LogP contribution in [0.5, 0.6) is 0 Å². The fourth-order valence-corrected chi connectivity index (χ4v) is 4.32. The first-order valence-corrected chi connectivity index (χ1v) is 11.1. The zero-order valence-corrected chi connectivity index (χ0v) is 17.9. The molecule has 1 fully saturated rings. The molecule has 0 aliphatic carbocycles. The fourth-order valence-electron chi connectivity index (χ4n) is 3.70. The van der Waals surface area contributed by atoms with Crippen LogP contribution in [0.3, 0.4) is 0 Å². The molecule has 0 saturated carbocycles. The number of nitrogens with zero attached hydrogens (tertiary/aromatic N) is 6. The number of thiazole rings is 1. The van der Waals surface area contributed by atoms with Gasteiger partial charge in [0.25, 0.3) is 0 Å². The van der Waals surface area contributed by atoms with Crippen molar-refractivity contribution in [3.8, 4) is 6.07 Å². The molecule has 0 atom stereocenters. The van der Waals surface area contributed by atoms with E-state index >= 15 is 0 Å². The molecule has 1 saturated heterocycles. The number of anilines is 2. The van der Waals surface area contributed by atoms with E-state index in [0.717, 1.165) is 49.8 Å². The molecule has 154 valence electrons. The van der Waals surface area contributed by atoms with Gasteiger partial charge < -0.3 is 5.32 Å². The first-order chi connectivity index (χ1) is 14.7. The topological polar surface area (TPSA) is 90.6 Å². The molecule has 4 rings (SSSR count). The van der Waals surface area contributed by atoms with E-state index in [-0.39, 0.29) is 0 Å². The standard InChI is InChI=1S/C22H25N7S/c1-2-20-24-12-17(13-25-20)15-29-8-6-16(7-9-29)10-18-4-3-5-21(27-18)28-22-26-14-19(11-23)30-22/h3-5,12-14,16H,2,6-10,15H2,1H3,(H,26,27,28). The summed E-state index contributed by atoms with van der Waals surface area (Å²) < 4.78 is 0. The molecule has 0 aromatic carbocycles. The van der Waals surface area contributed by atoms with Crippen molar-refractivity contribution in [3.63, 3.8) is 0 Å². The number of aromatic nitrogens is 4. The van der Waals surface area contributed by atoms with Crippen molar-refractivity contribution in [1.29, 1.82) is 5.26 Å². The van der Waals surface area contributed by atoms with E-state index in [0.29, 0.717) is 15.9 Å². The van der Waals surface area contributed by atoms with Gasteiger partial charge in [0.15, 0.2) is 5.13 Å². The SMILES string of the molecule is CCc1ncc(CN2CCC(Cc3cccc(Nc4ncc(C#N)s4)n3)CC2)cn1. The number of hydrogen-bond donors (Lipinski definition) is 1. The third kappa shape index (κ3) is 5.38. The van der Waals surface area contributed by atoms with Gasteiger partial charge in [-0.15, -0.1) is 0 Å². The number of piperidine rings is 1. The third-order valence-corrected chi connectivity index (χ3v) is 6.16. The second kappa shape index (κ2) is 9.74. The smallest absolute Gasteiger partial charge is 0.189 e. The van der Waals surface area contributed by atoms with Crippen LogP contribution in [0.4, 0.5) is 10.9 Å². The van der Waals surface area contributed by atoms with Gasteiger partial charge >= 0.3 is 0 Å². The number of likely N-dealkylation sites (tertiary alicyclic amines) is 1. The molecule has 0 bridgehead atoms. The number of aryl methyl sites for hydroxylation is 1. The number of nitrogens with one attached hydrogen (secondary N) is 1. The second-order valence-corrected chi connectivity index (χ2v) is 8.60. The molecule has 1 aliphatic heterocycles. The van der Waals surface area contributed by atoms with E-state index in [4.69, 9.17) is 10.2 Å². The molecule has 4 heterocycles. The molecule has 7 nitrogen and oxygen atoms in total. The van der Waals surface area contributed by atoms with Gasteiger partial charge in [-0.05, 0) is 50.4 Å². The van der Waals surface area contributed by atoms with Crippen LogP contribution in [0.2, 0.25) is 0 Å². The lowest BCUT2D eigenvalue weighted by molar-refractivity contribution is 0.176. The summed E-state index contributed by atoms with van der Waals surface area (Å²) in [5.41, 5.74) is 2.28. The third-order valence-electron chi connectivity index (χ3n) is 5.34. The van der Waals surface area contributed by atoms with Gasteiger partial charge in [0.2, 0.25) is 0 Å². The van der Waals surface area contributed by atoms with E-state index < -0.39 is 0 Å². The van der Waals surface area contributed by atoms with Crippen molar-refractivity contribution in [3.05, 3.63) is 58.7 Å². The van der Waals surface area contributed by atoms with Crippen LogP contribution >= 0.6 is 11.3 Å². The number of pyridine rings is 1. The summed E-state index contributed by atoms with van der Waals surface area (Å²) in [7, 11) is 0. The molecule has 0 unspecified atom stereocenters. The Morgan fingerprint density at radius 3 is 2.67 bits per heavy atom. The second-order valence-electron chi connectivity index (χ2n) is 7.57. The summed E-state index contributed by atoms with van der Waals surface area (Å²) in [5.74, 6) is 2.33. The van der Waals surface area contributed by atoms with Crippen molar-refractivity contribution in [2.45, 2.75) is 39.2 Å². The van der Waals surface area contributed by atoms with E-state index in [2.05, 4.69) is 44.2 Å². The highest BCUT2D eigenvalue weighted by Crippen LogP contribution is 2.24. The highest BCUT2D eigenvalue weighted by atomic mass is 32.1. The maximum atomic E-state index is 8.93. The predicted octanol–water partition coefficient (Wildman–Crippen LogP) is 3.96. The van der Waals surface area contributed by atoms with E-state index in [1.54, 1.807) is 6.20 Å². The molecule has 8 heteroatoms. The Bertz CT molecular complexity index is 1000. The zero-order valence-electron chi connectivity index (χ0n) is 17.1. The van der Waals surface area contributed by atoms with Crippen LogP contribution in [0.25, 0.3) is 0 Å². The summed E-state index contributed by atoms with van der Waals surface area (Å²) in [4.78, 5) is 20.8. The van der Waals surface area contributed by atoms with Crippen LogP contribution in [0.1, 0.15) is 41.7 Å². The normalized spacial score (nSPS) is 15.1. The molecule has 0 radical (unpaired) electrons. The lowest BCUT2D eigenvalue weighted by Gasteiger charge is -2.31. The first kappa shape index (κ1) is 20.4. The fraction of sp³-hybridized carbons (Fsp3) is 0.409. The molecular formula is C22H25N7S. The van der Waals surface area contributed by atoms with Gasteiger partial charge in [-0.25, -0.2) is 19.9 Å². The van der Waals surface area contributed by atoms with Crippen LogP contribution in [0.15, 0.2) is 36.8 Å². The van der Waals surface area contributed by atoms with Gasteiger partial charge in [-0.1, -0.05) is 24.3 Å². The van der Waals surface area contributed by atoms with Crippen LogP contribution in [0, 0.1) is 17.2 Å². The van der Waals surface area contributed by atoms with Crippen LogP contribution in [-0.2, 0) is 19.4 Å². The van der Waals surface area contributed by atoms with E-state index in [1.165, 1.54) is 29.7 Å². The minimum Gasteiger partial charge on any atom is -0.316 e. The van der Waals surface area contributed by atoms with Crippen molar-refractivity contribution in [2.75, 3.05) is 18.4 Å². The monoisotopic (exact) mass is 419 g/mol. The Morgan fingerprint density at radius 2 is 1.97 bits per heavy atom. The van der Waals surface area contributed by atoms with Crippen molar-refractivity contribution in [1.82, 2.24) is 24.8 Å². The lowest BCUT2D eigenvalue weighted by Crippen LogP contribution is -2.34. The van der Waals surface area contributed by atoms with Crippen LogP contribution in [-0.4, -0.2) is 37.9 Å². The minimum absolute atomic E-state index is 0.591. The molecule has 0 amide bonds. The highest BCUT2D eigenvalue weighted by Gasteiger charge is 2.20. The van der Waals surface area contributed by atoms with Gasteiger partial charge in [-0.3, -0.25) is 4.90 Å². The molecule has 3 aromatic heterocycles. The zero-order chi connectivity index (χ0) is 20.8. The Balaban J connectivity index is 1.28. The van der Waals surface area contributed by atoms with E-state index in [9.17, 15) is 0 Å². The summed E-state index contributed by atoms with van der Waals surface area (Å²) >= 11 is 1.33. The molecule has 0 spiro atoms. The molecule has 30 heavy (non-hydrogen) atoms. The van der Waals surface area contributed by atoms with Gasteiger partial charge in [0.1, 0.15) is 22.6 Å². The predicted molar refractivity (Wildman–Crippen MR) is 117 cm³/mol. The molecule has 1 N–H and O–H groups in total. The van der Waals surface area contributed by atoms with E-state index in [1.807, 2.05) is 24.5 Å². The minimum atomic E-state index is 0.591. The largest absolute Gasteiger partial charge is 0.316 e. The Kier molecular flexibility index (Phi) is 6.62.